The summed E-state index contributed by atoms with van der Waals surface area (Å²) in [6, 6.07) is 0. The van der Waals surface area contributed by atoms with Crippen molar-refractivity contribution < 1.29 is 42.5 Å². The molecule has 0 aromatic rings. The van der Waals surface area contributed by atoms with E-state index in [1.807, 2.05) is 6.08 Å². The minimum absolute atomic E-state index is 0. The summed E-state index contributed by atoms with van der Waals surface area (Å²) in [4.78, 5) is 0. The molecule has 0 fully saturated rings. The fraction of sp³-hybridized carbons (Fsp3) is 0.895. The van der Waals surface area contributed by atoms with Gasteiger partial charge in [-0.1, -0.05) is 103 Å². The van der Waals surface area contributed by atoms with E-state index < -0.39 is 10.1 Å². The molecule has 0 aliphatic rings. The Balaban J connectivity index is 0. The molecule has 0 saturated carbocycles. The van der Waals surface area contributed by atoms with Crippen LogP contribution in [0.1, 0.15) is 103 Å². The van der Waals surface area contributed by atoms with Crippen molar-refractivity contribution in [2.24, 2.45) is 0 Å². The van der Waals surface area contributed by atoms with Crippen LogP contribution in [0.4, 0.5) is 0 Å². The molecule has 138 valence electrons. The maximum Gasteiger partial charge on any atom is 1.00 e. The molecule has 0 N–H and O–H groups in total. The van der Waals surface area contributed by atoms with Crippen molar-refractivity contribution in [1.29, 1.82) is 0 Å². The second-order valence-corrected chi connectivity index (χ2v) is 8.03. The first-order valence-electron chi connectivity index (χ1n) is 9.65. The van der Waals surface area contributed by atoms with Gasteiger partial charge in [0, 0.05) is 0 Å². The van der Waals surface area contributed by atoms with E-state index in [1.165, 1.54) is 89.5 Å². The molecule has 0 spiro atoms. The fourth-order valence-electron chi connectivity index (χ4n) is 2.76. The third-order valence-corrected chi connectivity index (χ3v) is 4.79. The summed E-state index contributed by atoms with van der Waals surface area (Å²) in [5, 5.41) is 0. The van der Waals surface area contributed by atoms with Gasteiger partial charge in [0.15, 0.2) is 0 Å². The fourth-order valence-corrected chi connectivity index (χ4v) is 3.13. The van der Waals surface area contributed by atoms with Crippen molar-refractivity contribution in [3.63, 3.8) is 0 Å². The monoisotopic (exact) mass is 368 g/mol. The number of unbranched alkanes of at least 4 members (excludes halogenated alkanes) is 14. The molecular weight excluding hydrogens is 331 g/mol. The zero-order valence-electron chi connectivity index (χ0n) is 16.1. The molecule has 0 aliphatic carbocycles. The molecule has 0 aromatic heterocycles. The molecule has 0 amide bonds. The van der Waals surface area contributed by atoms with Gasteiger partial charge in [0.25, 0.3) is 0 Å². The van der Waals surface area contributed by atoms with Crippen molar-refractivity contribution in [3.05, 3.63) is 12.2 Å². The standard InChI is InChI=1S/C19H38O3S.Na/c1-2-3-4-5-6-7-8-9-10-11-12-13-14-15-16-17-18-19-23(20,21)22;/h17-18H,2-16,19H2,1H3,(H,20,21,22);/q;+1/p-1/b18-17+;. The van der Waals surface area contributed by atoms with E-state index in [2.05, 4.69) is 6.92 Å². The van der Waals surface area contributed by atoms with Crippen LogP contribution in [0.2, 0.25) is 0 Å². The largest absolute Gasteiger partial charge is 1.00 e. The Morgan fingerprint density at radius 3 is 1.42 bits per heavy atom. The summed E-state index contributed by atoms with van der Waals surface area (Å²) in [5.41, 5.74) is 0. The number of hydrogen-bond acceptors (Lipinski definition) is 3. The average Bonchev–Trinajstić information content (AvgIpc) is 2.49. The predicted octanol–water partition coefficient (Wildman–Crippen LogP) is 2.96. The van der Waals surface area contributed by atoms with E-state index in [4.69, 9.17) is 0 Å². The first-order chi connectivity index (χ1) is 11.1. The minimum atomic E-state index is -4.08. The SMILES string of the molecule is CCCCCCCCCCCCCCCC/C=C/CS(=O)(=O)[O-].[Na+]. The van der Waals surface area contributed by atoms with Gasteiger partial charge in [-0.2, -0.15) is 0 Å². The van der Waals surface area contributed by atoms with Crippen LogP contribution in [0.15, 0.2) is 12.2 Å². The van der Waals surface area contributed by atoms with E-state index >= 15 is 0 Å². The summed E-state index contributed by atoms with van der Waals surface area (Å²) in [6.07, 6.45) is 23.0. The van der Waals surface area contributed by atoms with Crippen LogP contribution < -0.4 is 29.6 Å². The van der Waals surface area contributed by atoms with Crippen molar-refractivity contribution in [1.82, 2.24) is 0 Å². The summed E-state index contributed by atoms with van der Waals surface area (Å²) in [5.74, 6) is -0.369. The molecule has 0 radical (unpaired) electrons. The summed E-state index contributed by atoms with van der Waals surface area (Å²) in [6.45, 7) is 2.26. The van der Waals surface area contributed by atoms with Crippen molar-refractivity contribution in [2.45, 2.75) is 103 Å². The zero-order chi connectivity index (χ0) is 17.2. The van der Waals surface area contributed by atoms with Gasteiger partial charge in [-0.15, -0.1) is 0 Å². The Morgan fingerprint density at radius 1 is 0.667 bits per heavy atom. The molecule has 0 aliphatic heterocycles. The Kier molecular flexibility index (Phi) is 22.4. The molecule has 5 heteroatoms. The number of rotatable bonds is 17. The Morgan fingerprint density at radius 2 is 1.04 bits per heavy atom. The normalized spacial score (nSPS) is 11.8. The zero-order valence-corrected chi connectivity index (χ0v) is 18.9. The van der Waals surface area contributed by atoms with E-state index in [-0.39, 0.29) is 35.3 Å². The first-order valence-corrected chi connectivity index (χ1v) is 11.2. The molecular formula is C19H37NaO3S. The molecule has 0 unspecified atom stereocenters. The average molecular weight is 369 g/mol. The third-order valence-electron chi connectivity index (χ3n) is 4.19. The maximum atomic E-state index is 10.4. The molecule has 0 atom stereocenters. The number of allylic oxidation sites excluding steroid dienone is 1. The Bertz CT molecular complexity index is 367. The third kappa shape index (κ3) is 24.9. The summed E-state index contributed by atoms with van der Waals surface area (Å²) < 4.78 is 31.2. The molecule has 3 nitrogen and oxygen atoms in total. The van der Waals surface area contributed by atoms with Gasteiger partial charge in [0.1, 0.15) is 0 Å². The van der Waals surface area contributed by atoms with E-state index in [9.17, 15) is 13.0 Å². The van der Waals surface area contributed by atoms with E-state index in [0.29, 0.717) is 0 Å². The quantitative estimate of drug-likeness (QED) is 0.172. The van der Waals surface area contributed by atoms with Crippen LogP contribution in [-0.4, -0.2) is 18.7 Å². The molecule has 24 heavy (non-hydrogen) atoms. The van der Waals surface area contributed by atoms with E-state index in [1.54, 1.807) is 0 Å². The van der Waals surface area contributed by atoms with Crippen LogP contribution in [-0.2, 0) is 10.1 Å². The van der Waals surface area contributed by atoms with E-state index in [0.717, 1.165) is 12.8 Å². The van der Waals surface area contributed by atoms with Crippen LogP contribution in [0, 0.1) is 0 Å². The second kappa shape index (κ2) is 20.0. The summed E-state index contributed by atoms with van der Waals surface area (Å²) >= 11 is 0. The molecule has 0 rings (SSSR count). The first kappa shape index (κ1) is 26.9. The molecule has 0 aromatic carbocycles. The predicted molar refractivity (Wildman–Crippen MR) is 98.6 cm³/mol. The van der Waals surface area contributed by atoms with Gasteiger partial charge in [0.05, 0.1) is 15.9 Å². The Labute approximate surface area is 173 Å². The van der Waals surface area contributed by atoms with Crippen LogP contribution >= 0.6 is 0 Å². The molecule has 0 bridgehead atoms. The van der Waals surface area contributed by atoms with Gasteiger partial charge >= 0.3 is 29.6 Å². The van der Waals surface area contributed by atoms with Crippen LogP contribution in [0.3, 0.4) is 0 Å². The molecule has 0 heterocycles. The molecule has 0 saturated heterocycles. The topological polar surface area (TPSA) is 57.2 Å². The van der Waals surface area contributed by atoms with Crippen LogP contribution in [0.25, 0.3) is 0 Å². The van der Waals surface area contributed by atoms with Crippen molar-refractivity contribution in [3.8, 4) is 0 Å². The van der Waals surface area contributed by atoms with Gasteiger partial charge in [-0.25, -0.2) is 8.42 Å². The Hall–Kier alpha value is 0.650. The maximum absolute atomic E-state index is 10.4. The van der Waals surface area contributed by atoms with Gasteiger partial charge in [0.2, 0.25) is 0 Å². The van der Waals surface area contributed by atoms with Crippen molar-refractivity contribution >= 4 is 10.1 Å². The van der Waals surface area contributed by atoms with Crippen molar-refractivity contribution in [2.75, 3.05) is 5.75 Å². The van der Waals surface area contributed by atoms with Gasteiger partial charge in [-0.05, 0) is 12.8 Å². The second-order valence-electron chi connectivity index (χ2n) is 6.58. The number of hydrogen-bond donors (Lipinski definition) is 0. The van der Waals surface area contributed by atoms with Gasteiger partial charge in [-0.3, -0.25) is 0 Å². The smallest absolute Gasteiger partial charge is 0.748 e. The van der Waals surface area contributed by atoms with Gasteiger partial charge < -0.3 is 4.55 Å². The van der Waals surface area contributed by atoms with Crippen LogP contribution in [0.5, 0.6) is 0 Å². The minimum Gasteiger partial charge on any atom is -0.748 e. The summed E-state index contributed by atoms with van der Waals surface area (Å²) in [7, 11) is -4.08.